The van der Waals surface area contributed by atoms with Crippen molar-refractivity contribution in [1.29, 1.82) is 0 Å². The summed E-state index contributed by atoms with van der Waals surface area (Å²) in [4.78, 5) is 15.0. The van der Waals surface area contributed by atoms with Crippen LogP contribution >= 0.6 is 0 Å². The molecule has 1 aromatic rings. The van der Waals surface area contributed by atoms with Gasteiger partial charge in [0.2, 0.25) is 5.82 Å². The van der Waals surface area contributed by atoms with E-state index in [4.69, 9.17) is 0 Å². The summed E-state index contributed by atoms with van der Waals surface area (Å²) in [7, 11) is 0. The highest BCUT2D eigenvalue weighted by molar-refractivity contribution is 5.60. The molecule has 5 nitrogen and oxygen atoms in total. The zero-order chi connectivity index (χ0) is 13.8. The maximum atomic E-state index is 11.2. The van der Waals surface area contributed by atoms with E-state index in [9.17, 15) is 10.1 Å². The number of hydrogen-bond acceptors (Lipinski definition) is 4. The maximum absolute atomic E-state index is 11.2. The Bertz CT molecular complexity index is 462. The van der Waals surface area contributed by atoms with E-state index in [1.165, 1.54) is 25.7 Å². The van der Waals surface area contributed by atoms with Gasteiger partial charge in [-0.2, -0.15) is 0 Å². The first-order valence-electron chi connectivity index (χ1n) is 6.96. The van der Waals surface area contributed by atoms with Gasteiger partial charge in [-0.25, -0.2) is 4.98 Å². The normalized spacial score (nSPS) is 23.7. The van der Waals surface area contributed by atoms with Crippen LogP contribution in [0.5, 0.6) is 0 Å². The SMILES string of the molecule is Cc1ccnc(NC2CCCCCC2C)c1[N+](=O)[O-]. The average Bonchev–Trinajstić information content (AvgIpc) is 2.54. The Labute approximate surface area is 113 Å². The predicted molar refractivity (Wildman–Crippen MR) is 75.3 cm³/mol. The molecule has 1 heterocycles. The summed E-state index contributed by atoms with van der Waals surface area (Å²) in [5.41, 5.74) is 0.766. The standard InChI is InChI=1S/C14H21N3O2/c1-10-6-4-3-5-7-12(10)16-14-13(17(18)19)11(2)8-9-15-14/h8-10,12H,3-7H2,1-2H3,(H,15,16). The number of nitrogens with zero attached hydrogens (tertiary/aromatic N) is 2. The zero-order valence-corrected chi connectivity index (χ0v) is 11.6. The minimum atomic E-state index is -0.341. The van der Waals surface area contributed by atoms with Gasteiger partial charge >= 0.3 is 5.69 Å². The van der Waals surface area contributed by atoms with Crippen LogP contribution in [0.3, 0.4) is 0 Å². The van der Waals surface area contributed by atoms with Crippen molar-refractivity contribution in [3.8, 4) is 0 Å². The molecule has 0 spiro atoms. The topological polar surface area (TPSA) is 68.1 Å². The molecule has 2 unspecified atom stereocenters. The van der Waals surface area contributed by atoms with Crippen LogP contribution in [0.25, 0.3) is 0 Å². The molecule has 0 aromatic carbocycles. The predicted octanol–water partition coefficient (Wildman–Crippen LogP) is 3.68. The summed E-state index contributed by atoms with van der Waals surface area (Å²) < 4.78 is 0. The van der Waals surface area contributed by atoms with E-state index in [1.807, 2.05) is 0 Å². The Morgan fingerprint density at radius 2 is 2.11 bits per heavy atom. The van der Waals surface area contributed by atoms with Gasteiger partial charge < -0.3 is 5.32 Å². The molecule has 104 valence electrons. The highest BCUT2D eigenvalue weighted by Crippen LogP contribution is 2.30. The molecule has 1 aliphatic carbocycles. The van der Waals surface area contributed by atoms with Crippen molar-refractivity contribution in [1.82, 2.24) is 4.98 Å². The number of hydrogen-bond donors (Lipinski definition) is 1. The van der Waals surface area contributed by atoms with Crippen LogP contribution < -0.4 is 5.32 Å². The van der Waals surface area contributed by atoms with E-state index in [2.05, 4.69) is 17.2 Å². The fourth-order valence-electron chi connectivity index (χ4n) is 2.77. The van der Waals surface area contributed by atoms with E-state index < -0.39 is 0 Å². The lowest BCUT2D eigenvalue weighted by molar-refractivity contribution is -0.384. The summed E-state index contributed by atoms with van der Waals surface area (Å²) >= 11 is 0. The maximum Gasteiger partial charge on any atom is 0.314 e. The van der Waals surface area contributed by atoms with Crippen molar-refractivity contribution in [2.75, 3.05) is 5.32 Å². The summed E-state index contributed by atoms with van der Waals surface area (Å²) in [6.45, 7) is 3.96. The number of rotatable bonds is 3. The van der Waals surface area contributed by atoms with Crippen molar-refractivity contribution in [2.24, 2.45) is 5.92 Å². The van der Waals surface area contributed by atoms with Crippen LogP contribution in [0.1, 0.15) is 44.6 Å². The van der Waals surface area contributed by atoms with Gasteiger partial charge in [0, 0.05) is 17.8 Å². The number of nitrogens with one attached hydrogen (secondary N) is 1. The molecule has 2 atom stereocenters. The molecular formula is C14H21N3O2. The largest absolute Gasteiger partial charge is 0.361 e. The Kier molecular flexibility index (Phi) is 4.35. The molecule has 0 aliphatic heterocycles. The van der Waals surface area contributed by atoms with Crippen LogP contribution in [0.15, 0.2) is 12.3 Å². The minimum Gasteiger partial charge on any atom is -0.361 e. The second-order valence-electron chi connectivity index (χ2n) is 5.45. The first-order valence-corrected chi connectivity index (χ1v) is 6.96. The van der Waals surface area contributed by atoms with Crippen molar-refractivity contribution in [3.05, 3.63) is 27.9 Å². The van der Waals surface area contributed by atoms with Gasteiger partial charge in [-0.1, -0.05) is 26.2 Å². The van der Waals surface area contributed by atoms with Gasteiger partial charge in [0.05, 0.1) is 4.92 Å². The fraction of sp³-hybridized carbons (Fsp3) is 0.643. The molecule has 0 amide bonds. The Balaban J connectivity index is 2.22. The second-order valence-corrected chi connectivity index (χ2v) is 5.45. The van der Waals surface area contributed by atoms with Crippen LogP contribution in [-0.2, 0) is 0 Å². The lowest BCUT2D eigenvalue weighted by Gasteiger charge is -2.23. The van der Waals surface area contributed by atoms with Crippen LogP contribution in [0, 0.1) is 23.0 Å². The highest BCUT2D eigenvalue weighted by Gasteiger charge is 2.25. The molecule has 1 aliphatic rings. The molecule has 5 heteroatoms. The number of aromatic nitrogens is 1. The third-order valence-corrected chi connectivity index (χ3v) is 3.99. The number of anilines is 1. The van der Waals surface area contributed by atoms with Crippen LogP contribution in [0.2, 0.25) is 0 Å². The Morgan fingerprint density at radius 1 is 1.37 bits per heavy atom. The highest BCUT2D eigenvalue weighted by atomic mass is 16.6. The van der Waals surface area contributed by atoms with Crippen LogP contribution in [0.4, 0.5) is 11.5 Å². The molecule has 1 aromatic heterocycles. The van der Waals surface area contributed by atoms with E-state index in [-0.39, 0.29) is 16.7 Å². The zero-order valence-electron chi connectivity index (χ0n) is 11.6. The van der Waals surface area contributed by atoms with Gasteiger partial charge in [-0.3, -0.25) is 10.1 Å². The first kappa shape index (κ1) is 13.8. The minimum absolute atomic E-state index is 0.110. The summed E-state index contributed by atoms with van der Waals surface area (Å²) in [6.07, 6.45) is 7.56. The first-order chi connectivity index (χ1) is 9.09. The van der Waals surface area contributed by atoms with E-state index >= 15 is 0 Å². The summed E-state index contributed by atoms with van der Waals surface area (Å²) in [5.74, 6) is 0.952. The van der Waals surface area contributed by atoms with Gasteiger partial charge in [0.1, 0.15) is 0 Å². The van der Waals surface area contributed by atoms with Crippen molar-refractivity contribution < 1.29 is 4.92 Å². The van der Waals surface area contributed by atoms with Gasteiger partial charge in [-0.05, 0) is 31.7 Å². The lowest BCUT2D eigenvalue weighted by Crippen LogP contribution is -2.27. The molecular weight excluding hydrogens is 242 g/mol. The molecule has 1 N–H and O–H groups in total. The Hall–Kier alpha value is -1.65. The van der Waals surface area contributed by atoms with Gasteiger partial charge in [0.25, 0.3) is 0 Å². The molecule has 2 rings (SSSR count). The smallest absolute Gasteiger partial charge is 0.314 e. The van der Waals surface area contributed by atoms with E-state index in [1.54, 1.807) is 19.2 Å². The second kappa shape index (κ2) is 5.99. The third kappa shape index (κ3) is 3.22. The third-order valence-electron chi connectivity index (χ3n) is 3.99. The van der Waals surface area contributed by atoms with E-state index in [0.717, 1.165) is 6.42 Å². The fourth-order valence-corrected chi connectivity index (χ4v) is 2.77. The molecule has 0 bridgehead atoms. The summed E-state index contributed by atoms with van der Waals surface area (Å²) in [5, 5.41) is 14.5. The molecule has 0 radical (unpaired) electrons. The van der Waals surface area contributed by atoms with Crippen LogP contribution in [-0.4, -0.2) is 15.9 Å². The summed E-state index contributed by atoms with van der Waals surface area (Å²) in [6, 6.07) is 1.97. The van der Waals surface area contributed by atoms with Gasteiger partial charge in [-0.15, -0.1) is 0 Å². The van der Waals surface area contributed by atoms with Crippen molar-refractivity contribution in [3.63, 3.8) is 0 Å². The molecule has 0 saturated heterocycles. The van der Waals surface area contributed by atoms with Crippen molar-refractivity contribution in [2.45, 2.75) is 52.0 Å². The number of pyridine rings is 1. The van der Waals surface area contributed by atoms with Gasteiger partial charge in [0.15, 0.2) is 0 Å². The average molecular weight is 263 g/mol. The molecule has 1 fully saturated rings. The number of nitro groups is 1. The van der Waals surface area contributed by atoms with E-state index in [0.29, 0.717) is 17.3 Å². The quantitative estimate of drug-likeness (QED) is 0.513. The van der Waals surface area contributed by atoms with Crippen molar-refractivity contribution >= 4 is 11.5 Å². The lowest BCUT2D eigenvalue weighted by atomic mass is 9.97. The monoisotopic (exact) mass is 263 g/mol. The number of aryl methyl sites for hydroxylation is 1. The molecule has 19 heavy (non-hydrogen) atoms. The Morgan fingerprint density at radius 3 is 2.84 bits per heavy atom. The molecule has 1 saturated carbocycles.